The fraction of sp³-hybridized carbons (Fsp3) is 0.561. The molecule has 1 aromatic rings. The molecular weight excluding hydrogens is 848 g/mol. The number of hydrogen-bond acceptors (Lipinski definition) is 13. The number of aliphatic carboxylic acids is 4. The van der Waals surface area contributed by atoms with E-state index in [0.717, 1.165) is 5.56 Å². The van der Waals surface area contributed by atoms with Crippen molar-refractivity contribution in [2.24, 2.45) is 11.8 Å². The Balaban J connectivity index is 1.65. The van der Waals surface area contributed by atoms with Gasteiger partial charge in [-0.3, -0.25) is 47.9 Å². The van der Waals surface area contributed by atoms with Gasteiger partial charge >= 0.3 is 29.8 Å². The number of carboxylic acids is 4. The lowest BCUT2D eigenvalue weighted by Gasteiger charge is -2.29. The Hall–Kier alpha value is -6.94. The number of nitrogens with one attached hydrogen (secondary N) is 5. The first kappa shape index (κ1) is 51.4. The summed E-state index contributed by atoms with van der Waals surface area (Å²) in [5, 5.41) is 50.2. The summed E-state index contributed by atoms with van der Waals surface area (Å²) >= 11 is 0. The first-order valence-electron chi connectivity index (χ1n) is 20.8. The molecule has 7 amide bonds. The molecule has 0 spiro atoms. The standard InChI is InChI=1S/C41H54N6O17/c1-22-5-4-6-25(21-22)35(56)42-20-3-2-7-29(40(61)62)46-39(60)28(14-19-34(54)55)45-38(59)27(13-18-33(52)53)44-37(58)26(12-17-32(50)51)43-36(57)23-8-10-24(11-9-23)41(63)64-47-30(48)15-16-31(47)49/h4-6,21,23-24,26-29H,2-3,7-20H2,1H3,(H,42,56)(H,43,57)(H,44,58)(H,45,59)(H,46,60)(H,50,51)(H,52,53)(H,54,55)(H,61,62)/t23-,24-,26-,27-,28-,29-/m1/s1. The lowest BCUT2D eigenvalue weighted by atomic mass is 9.81. The molecule has 9 N–H and O–H groups in total. The predicted molar refractivity (Wildman–Crippen MR) is 216 cm³/mol. The number of hydroxylamine groups is 2. The molecule has 3 rings (SSSR count). The third-order valence-corrected chi connectivity index (χ3v) is 10.6. The van der Waals surface area contributed by atoms with Crippen LogP contribution in [-0.2, 0) is 57.6 Å². The van der Waals surface area contributed by atoms with Gasteiger partial charge in [0.25, 0.3) is 17.7 Å². The molecule has 1 saturated heterocycles. The number of aryl methyl sites for hydroxylation is 1. The summed E-state index contributed by atoms with van der Waals surface area (Å²) in [6, 6.07) is 0.332. The molecule has 0 bridgehead atoms. The lowest BCUT2D eigenvalue weighted by Crippen LogP contribution is -2.58. The molecule has 350 valence electrons. The number of imide groups is 1. The molecule has 0 aromatic heterocycles. The van der Waals surface area contributed by atoms with Gasteiger partial charge in [0.1, 0.15) is 24.2 Å². The summed E-state index contributed by atoms with van der Waals surface area (Å²) in [4.78, 5) is 154. The Morgan fingerprint density at radius 1 is 0.641 bits per heavy atom. The Bertz CT molecular complexity index is 1930. The minimum absolute atomic E-state index is 0.0952. The molecule has 4 atom stereocenters. The molecule has 0 radical (unpaired) electrons. The van der Waals surface area contributed by atoms with Crippen LogP contribution in [0.3, 0.4) is 0 Å². The molecule has 2 fully saturated rings. The van der Waals surface area contributed by atoms with E-state index in [1.807, 2.05) is 13.0 Å². The second-order valence-electron chi connectivity index (χ2n) is 15.5. The van der Waals surface area contributed by atoms with Crippen LogP contribution in [0.5, 0.6) is 0 Å². The largest absolute Gasteiger partial charge is 0.481 e. The van der Waals surface area contributed by atoms with Crippen LogP contribution in [0, 0.1) is 18.8 Å². The van der Waals surface area contributed by atoms with Crippen molar-refractivity contribution in [3.8, 4) is 0 Å². The maximum atomic E-state index is 13.6. The van der Waals surface area contributed by atoms with Crippen molar-refractivity contribution in [2.75, 3.05) is 6.54 Å². The smallest absolute Gasteiger partial charge is 0.336 e. The maximum absolute atomic E-state index is 13.6. The van der Waals surface area contributed by atoms with Crippen LogP contribution in [-0.4, -0.2) is 127 Å². The van der Waals surface area contributed by atoms with E-state index in [1.165, 1.54) is 0 Å². The SMILES string of the molecule is Cc1cccc(C(=O)NCCCC[C@@H](NC(=O)[C@@H](CCC(=O)O)NC(=O)[C@@H](CCC(=O)O)NC(=O)[C@@H](CCC(=O)O)NC(=O)[C@H]2CC[C@H](C(=O)ON3C(=O)CCC3=O)CC2)C(=O)O)c1. The van der Waals surface area contributed by atoms with Crippen molar-refractivity contribution in [3.05, 3.63) is 35.4 Å². The van der Waals surface area contributed by atoms with Crippen molar-refractivity contribution in [1.29, 1.82) is 0 Å². The Labute approximate surface area is 366 Å². The van der Waals surface area contributed by atoms with E-state index in [4.69, 9.17) is 4.84 Å². The molecule has 1 heterocycles. The van der Waals surface area contributed by atoms with E-state index < -0.39 is 140 Å². The molecular formula is C41H54N6O17. The predicted octanol–water partition coefficient (Wildman–Crippen LogP) is -0.0731. The van der Waals surface area contributed by atoms with Crippen molar-refractivity contribution in [1.82, 2.24) is 31.6 Å². The van der Waals surface area contributed by atoms with Gasteiger partial charge < -0.3 is 51.8 Å². The van der Waals surface area contributed by atoms with Crippen LogP contribution >= 0.6 is 0 Å². The van der Waals surface area contributed by atoms with E-state index in [0.29, 0.717) is 17.0 Å². The van der Waals surface area contributed by atoms with Crippen LogP contribution in [0.1, 0.15) is 112 Å². The summed E-state index contributed by atoms with van der Waals surface area (Å²) in [6.07, 6.45) is -3.06. The Kier molecular flexibility index (Phi) is 20.3. The van der Waals surface area contributed by atoms with Crippen LogP contribution in [0.2, 0.25) is 0 Å². The first-order valence-corrected chi connectivity index (χ1v) is 20.8. The average molecular weight is 903 g/mol. The molecule has 2 aliphatic rings. The molecule has 1 saturated carbocycles. The molecule has 1 aromatic carbocycles. The quantitative estimate of drug-likeness (QED) is 0.0434. The van der Waals surface area contributed by atoms with Crippen molar-refractivity contribution in [3.63, 3.8) is 0 Å². The van der Waals surface area contributed by atoms with Crippen LogP contribution in [0.15, 0.2) is 24.3 Å². The zero-order valence-electron chi connectivity index (χ0n) is 35.1. The van der Waals surface area contributed by atoms with E-state index in [-0.39, 0.29) is 63.8 Å². The zero-order chi connectivity index (χ0) is 47.5. The van der Waals surface area contributed by atoms with Crippen LogP contribution in [0.4, 0.5) is 0 Å². The van der Waals surface area contributed by atoms with E-state index in [9.17, 15) is 78.0 Å². The summed E-state index contributed by atoms with van der Waals surface area (Å²) in [6.45, 7) is 2.01. The molecule has 1 aliphatic carbocycles. The van der Waals surface area contributed by atoms with Gasteiger partial charge in [-0.1, -0.05) is 17.7 Å². The number of carbonyl (C=O) groups is 12. The number of rotatable bonds is 26. The lowest BCUT2D eigenvalue weighted by molar-refractivity contribution is -0.201. The molecule has 0 unspecified atom stereocenters. The highest BCUT2D eigenvalue weighted by Crippen LogP contribution is 2.31. The van der Waals surface area contributed by atoms with Gasteiger partial charge in [0.05, 0.1) is 5.92 Å². The molecule has 23 nitrogen and oxygen atoms in total. The van der Waals surface area contributed by atoms with Gasteiger partial charge in [-0.2, -0.15) is 0 Å². The van der Waals surface area contributed by atoms with E-state index >= 15 is 0 Å². The van der Waals surface area contributed by atoms with Gasteiger partial charge in [-0.15, -0.1) is 5.06 Å². The van der Waals surface area contributed by atoms with Gasteiger partial charge in [-0.05, 0) is 83.3 Å². The minimum Gasteiger partial charge on any atom is -0.481 e. The number of amides is 7. The number of carboxylic acid groups (broad SMARTS) is 4. The number of carbonyl (C=O) groups excluding carboxylic acids is 8. The maximum Gasteiger partial charge on any atom is 0.336 e. The Morgan fingerprint density at radius 2 is 1.11 bits per heavy atom. The van der Waals surface area contributed by atoms with Crippen molar-refractivity contribution >= 4 is 71.2 Å². The van der Waals surface area contributed by atoms with Gasteiger partial charge in [0.15, 0.2) is 0 Å². The van der Waals surface area contributed by atoms with E-state index in [1.54, 1.807) is 18.2 Å². The second kappa shape index (κ2) is 25.2. The highest BCUT2D eigenvalue weighted by atomic mass is 16.7. The third-order valence-electron chi connectivity index (χ3n) is 10.6. The highest BCUT2D eigenvalue weighted by molar-refractivity contribution is 6.02. The monoisotopic (exact) mass is 902 g/mol. The summed E-state index contributed by atoms with van der Waals surface area (Å²) in [7, 11) is 0. The topological polar surface area (TPSA) is 358 Å². The average Bonchev–Trinajstić information content (AvgIpc) is 3.56. The number of hydrogen-bond donors (Lipinski definition) is 9. The van der Waals surface area contributed by atoms with Crippen molar-refractivity contribution < 1.29 is 82.8 Å². The highest BCUT2D eigenvalue weighted by Gasteiger charge is 2.38. The second-order valence-corrected chi connectivity index (χ2v) is 15.5. The molecule has 1 aliphatic heterocycles. The fourth-order valence-electron chi connectivity index (χ4n) is 6.95. The third kappa shape index (κ3) is 17.1. The molecule has 64 heavy (non-hydrogen) atoms. The zero-order valence-corrected chi connectivity index (χ0v) is 35.1. The first-order chi connectivity index (χ1) is 30.2. The van der Waals surface area contributed by atoms with Crippen LogP contribution in [0.25, 0.3) is 0 Å². The number of unbranched alkanes of at least 4 members (excludes halogenated alkanes) is 1. The number of benzene rings is 1. The van der Waals surface area contributed by atoms with Crippen LogP contribution < -0.4 is 26.6 Å². The number of nitrogens with zero attached hydrogens (tertiary/aromatic N) is 1. The van der Waals surface area contributed by atoms with Crippen molar-refractivity contribution in [2.45, 2.75) is 127 Å². The summed E-state index contributed by atoms with van der Waals surface area (Å²) < 4.78 is 0. The Morgan fingerprint density at radius 3 is 1.58 bits per heavy atom. The van der Waals surface area contributed by atoms with Gasteiger partial charge in [0.2, 0.25) is 23.6 Å². The minimum atomic E-state index is -1.74. The van der Waals surface area contributed by atoms with Gasteiger partial charge in [0, 0.05) is 50.1 Å². The fourth-order valence-corrected chi connectivity index (χ4v) is 6.95. The van der Waals surface area contributed by atoms with E-state index in [2.05, 4.69) is 26.6 Å². The normalized spacial score (nSPS) is 17.7. The summed E-state index contributed by atoms with van der Waals surface area (Å²) in [5.74, 6) is -13.7. The summed E-state index contributed by atoms with van der Waals surface area (Å²) in [5.41, 5.74) is 1.32. The van der Waals surface area contributed by atoms with Gasteiger partial charge in [-0.25, -0.2) is 9.59 Å². The molecule has 23 heteroatoms.